The van der Waals surface area contributed by atoms with E-state index in [2.05, 4.69) is 20.6 Å². The molecule has 1 aromatic heterocycles. The van der Waals surface area contributed by atoms with Gasteiger partial charge in [0.15, 0.2) is 11.7 Å². The molecule has 4 nitrogen and oxygen atoms in total. The Morgan fingerprint density at radius 2 is 1.92 bits per heavy atom. The maximum absolute atomic E-state index is 12.5. The van der Waals surface area contributed by atoms with E-state index in [4.69, 9.17) is 11.6 Å². The summed E-state index contributed by atoms with van der Waals surface area (Å²) >= 11 is 7.00. The lowest BCUT2D eigenvalue weighted by Crippen LogP contribution is -2.36. The summed E-state index contributed by atoms with van der Waals surface area (Å²) in [5.41, 5.74) is 0.0176. The number of alkyl halides is 3. The van der Waals surface area contributed by atoms with E-state index in [-0.39, 0.29) is 30.5 Å². The van der Waals surface area contributed by atoms with E-state index >= 15 is 0 Å². The van der Waals surface area contributed by atoms with Gasteiger partial charge in [-0.05, 0) is 11.6 Å². The highest BCUT2D eigenvalue weighted by Gasteiger charge is 2.33. The topological polar surface area (TPSA) is 49.3 Å². The van der Waals surface area contributed by atoms with E-state index in [1.54, 1.807) is 13.1 Å². The maximum Gasteiger partial charge on any atom is 0.434 e. The molecule has 0 bridgehead atoms. The average Bonchev–Trinajstić information content (AvgIpc) is 2.98. The molecule has 0 aliphatic heterocycles. The van der Waals surface area contributed by atoms with Gasteiger partial charge in [0, 0.05) is 24.0 Å². The van der Waals surface area contributed by atoms with Crippen molar-refractivity contribution in [3.63, 3.8) is 0 Å². The van der Waals surface area contributed by atoms with Gasteiger partial charge in [-0.2, -0.15) is 13.2 Å². The van der Waals surface area contributed by atoms with Crippen molar-refractivity contribution in [2.24, 2.45) is 4.99 Å². The van der Waals surface area contributed by atoms with Crippen molar-refractivity contribution in [3.8, 4) is 0 Å². The van der Waals surface area contributed by atoms with Crippen molar-refractivity contribution in [1.29, 1.82) is 0 Å². The summed E-state index contributed by atoms with van der Waals surface area (Å²) in [6, 6.07) is 7.36. The average molecular weight is 491 g/mol. The smallest absolute Gasteiger partial charge is 0.352 e. The molecule has 0 unspecified atom stereocenters. The molecule has 0 radical (unpaired) electrons. The SMILES string of the molecule is CN=C(NCc1nc(C(F)(F)F)cs1)NCc1ccccc1Cl.I. The van der Waals surface area contributed by atoms with E-state index < -0.39 is 11.9 Å². The number of hydrogen-bond donors (Lipinski definition) is 2. The minimum atomic E-state index is -4.42. The number of aromatic nitrogens is 1. The Labute approximate surface area is 163 Å². The summed E-state index contributed by atoms with van der Waals surface area (Å²) in [4.78, 5) is 7.56. The summed E-state index contributed by atoms with van der Waals surface area (Å²) in [6.07, 6.45) is -4.42. The normalized spacial score (nSPS) is 11.8. The number of aliphatic imine (C=N–C) groups is 1. The molecule has 0 aliphatic carbocycles. The second-order valence-corrected chi connectivity index (χ2v) is 5.84. The molecule has 0 saturated carbocycles. The van der Waals surface area contributed by atoms with Gasteiger partial charge >= 0.3 is 6.18 Å². The highest BCUT2D eigenvalue weighted by molar-refractivity contribution is 14.0. The molecule has 1 heterocycles. The number of hydrogen-bond acceptors (Lipinski definition) is 3. The van der Waals surface area contributed by atoms with Crippen molar-refractivity contribution < 1.29 is 13.2 Å². The molecule has 0 saturated heterocycles. The Hall–Kier alpha value is -1.07. The second-order valence-electron chi connectivity index (χ2n) is 4.49. The van der Waals surface area contributed by atoms with Crippen LogP contribution in [-0.2, 0) is 19.3 Å². The number of benzene rings is 1. The van der Waals surface area contributed by atoms with Gasteiger partial charge in [-0.1, -0.05) is 29.8 Å². The first-order valence-electron chi connectivity index (χ1n) is 6.59. The Bertz CT molecular complexity index is 691. The van der Waals surface area contributed by atoms with Crippen LogP contribution in [-0.4, -0.2) is 18.0 Å². The van der Waals surface area contributed by atoms with Gasteiger partial charge in [-0.3, -0.25) is 4.99 Å². The fraction of sp³-hybridized carbons (Fsp3) is 0.286. The molecule has 2 rings (SSSR count). The molecule has 0 amide bonds. The zero-order chi connectivity index (χ0) is 16.9. The van der Waals surface area contributed by atoms with Crippen LogP contribution < -0.4 is 10.6 Å². The zero-order valence-electron chi connectivity index (χ0n) is 12.5. The van der Waals surface area contributed by atoms with Crippen LogP contribution in [0.3, 0.4) is 0 Å². The lowest BCUT2D eigenvalue weighted by Gasteiger charge is -2.11. The van der Waals surface area contributed by atoms with Gasteiger partial charge < -0.3 is 10.6 Å². The predicted molar refractivity (Wildman–Crippen MR) is 101 cm³/mol. The fourth-order valence-electron chi connectivity index (χ4n) is 1.72. The molecule has 132 valence electrons. The lowest BCUT2D eigenvalue weighted by molar-refractivity contribution is -0.140. The number of halogens is 5. The number of guanidine groups is 1. The zero-order valence-corrected chi connectivity index (χ0v) is 16.4. The fourth-order valence-corrected chi connectivity index (χ4v) is 2.67. The van der Waals surface area contributed by atoms with E-state index in [0.29, 0.717) is 22.5 Å². The minimum absolute atomic E-state index is 0. The largest absolute Gasteiger partial charge is 0.434 e. The highest BCUT2D eigenvalue weighted by atomic mass is 127. The molecule has 2 aromatic rings. The number of nitrogens with one attached hydrogen (secondary N) is 2. The molecule has 0 aliphatic rings. The minimum Gasteiger partial charge on any atom is -0.352 e. The van der Waals surface area contributed by atoms with Crippen LogP contribution in [0.15, 0.2) is 34.6 Å². The summed E-state index contributed by atoms with van der Waals surface area (Å²) in [7, 11) is 1.57. The van der Waals surface area contributed by atoms with Gasteiger partial charge in [-0.25, -0.2) is 4.98 Å². The first kappa shape index (κ1) is 21.0. The summed E-state index contributed by atoms with van der Waals surface area (Å²) in [6.45, 7) is 0.605. The number of nitrogens with zero attached hydrogens (tertiary/aromatic N) is 2. The Kier molecular flexibility index (Phi) is 8.23. The standard InChI is InChI=1S/C14H14ClF3N4S.HI/c1-19-13(20-6-9-4-2-3-5-10(9)15)21-7-12-22-11(8-23-12)14(16,17)18;/h2-5,8H,6-7H2,1H3,(H2,19,20,21);1H. The summed E-state index contributed by atoms with van der Waals surface area (Å²) in [5.74, 6) is 0.452. The first-order chi connectivity index (χ1) is 10.9. The molecule has 1 aromatic carbocycles. The second kappa shape index (κ2) is 9.42. The third-order valence-electron chi connectivity index (χ3n) is 2.88. The van der Waals surface area contributed by atoms with E-state index in [9.17, 15) is 13.2 Å². The van der Waals surface area contributed by atoms with E-state index in [1.807, 2.05) is 18.2 Å². The van der Waals surface area contributed by atoms with Crippen LogP contribution in [0.4, 0.5) is 13.2 Å². The van der Waals surface area contributed by atoms with Gasteiger partial charge in [0.05, 0.1) is 6.54 Å². The van der Waals surface area contributed by atoms with Gasteiger partial charge in [0.1, 0.15) is 5.01 Å². The molecular weight excluding hydrogens is 476 g/mol. The molecule has 0 fully saturated rings. The molecule has 0 spiro atoms. The van der Waals surface area contributed by atoms with Crippen molar-refractivity contribution in [2.45, 2.75) is 19.3 Å². The summed E-state index contributed by atoms with van der Waals surface area (Å²) in [5, 5.41) is 7.92. The number of rotatable bonds is 4. The van der Waals surface area contributed by atoms with Crippen LogP contribution in [0.1, 0.15) is 16.3 Å². The van der Waals surface area contributed by atoms with Crippen LogP contribution >= 0.6 is 46.9 Å². The lowest BCUT2D eigenvalue weighted by atomic mass is 10.2. The van der Waals surface area contributed by atoms with Crippen molar-refractivity contribution in [3.05, 3.63) is 50.9 Å². The first-order valence-corrected chi connectivity index (χ1v) is 7.85. The highest BCUT2D eigenvalue weighted by Crippen LogP contribution is 2.29. The van der Waals surface area contributed by atoms with Crippen LogP contribution in [0, 0.1) is 0 Å². The molecule has 24 heavy (non-hydrogen) atoms. The van der Waals surface area contributed by atoms with Crippen molar-refractivity contribution in [1.82, 2.24) is 15.6 Å². The monoisotopic (exact) mass is 490 g/mol. The van der Waals surface area contributed by atoms with Crippen LogP contribution in [0.25, 0.3) is 0 Å². The molecular formula is C14H15ClF3IN4S. The quantitative estimate of drug-likeness (QED) is 0.382. The summed E-state index contributed by atoms with van der Waals surface area (Å²) < 4.78 is 37.5. The predicted octanol–water partition coefficient (Wildman–Crippen LogP) is 4.30. The van der Waals surface area contributed by atoms with Gasteiger partial charge in [0.25, 0.3) is 0 Å². The molecule has 10 heteroatoms. The molecule has 2 N–H and O–H groups in total. The third kappa shape index (κ3) is 6.10. The Morgan fingerprint density at radius 1 is 1.25 bits per heavy atom. The Balaban J connectivity index is 0.00000288. The Morgan fingerprint density at radius 3 is 2.50 bits per heavy atom. The van der Waals surface area contributed by atoms with Crippen molar-refractivity contribution in [2.75, 3.05) is 7.05 Å². The van der Waals surface area contributed by atoms with E-state index in [1.165, 1.54) is 0 Å². The van der Waals surface area contributed by atoms with E-state index in [0.717, 1.165) is 22.3 Å². The van der Waals surface area contributed by atoms with Crippen LogP contribution in [0.5, 0.6) is 0 Å². The molecule has 0 atom stereocenters. The van der Waals surface area contributed by atoms with Crippen LogP contribution in [0.2, 0.25) is 5.02 Å². The third-order valence-corrected chi connectivity index (χ3v) is 4.09. The number of thiazole rings is 1. The van der Waals surface area contributed by atoms with Gasteiger partial charge in [0.2, 0.25) is 0 Å². The maximum atomic E-state index is 12.5. The van der Waals surface area contributed by atoms with Gasteiger partial charge in [-0.15, -0.1) is 35.3 Å². The van der Waals surface area contributed by atoms with Crippen molar-refractivity contribution >= 4 is 52.9 Å².